The van der Waals surface area contributed by atoms with Crippen molar-refractivity contribution in [3.05, 3.63) is 35.9 Å². The third-order valence-electron chi connectivity index (χ3n) is 2.36. The highest BCUT2D eigenvalue weighted by atomic mass is 16.8. The maximum absolute atomic E-state index is 11.5. The van der Waals surface area contributed by atoms with Crippen molar-refractivity contribution in [2.24, 2.45) is 5.92 Å². The van der Waals surface area contributed by atoms with Crippen molar-refractivity contribution in [1.82, 2.24) is 0 Å². The minimum Gasteiger partial charge on any atom is -0.433 e. The van der Waals surface area contributed by atoms with E-state index >= 15 is 0 Å². The van der Waals surface area contributed by atoms with Crippen LogP contribution in [0.4, 0.5) is 0 Å². The molecule has 0 radical (unpaired) electrons. The molecule has 2 atom stereocenters. The number of hydrogen-bond acceptors (Lipinski definition) is 3. The second kappa shape index (κ2) is 4.03. The van der Waals surface area contributed by atoms with Gasteiger partial charge in [-0.15, -0.1) is 0 Å². The van der Waals surface area contributed by atoms with Crippen LogP contribution in [-0.2, 0) is 14.3 Å². The van der Waals surface area contributed by atoms with Crippen molar-refractivity contribution in [3.63, 3.8) is 0 Å². The van der Waals surface area contributed by atoms with E-state index in [2.05, 4.69) is 0 Å². The second-order valence-corrected chi connectivity index (χ2v) is 3.98. The van der Waals surface area contributed by atoms with Crippen LogP contribution < -0.4 is 0 Å². The molecule has 1 heterocycles. The summed E-state index contributed by atoms with van der Waals surface area (Å²) in [6.07, 6.45) is -0.971. The highest BCUT2D eigenvalue weighted by Crippen LogP contribution is 2.30. The fourth-order valence-corrected chi connectivity index (χ4v) is 1.53. The molecule has 1 aromatic carbocycles. The summed E-state index contributed by atoms with van der Waals surface area (Å²) in [5.41, 5.74) is 0.852. The molecule has 0 unspecified atom stereocenters. The molecule has 0 bridgehead atoms. The van der Waals surface area contributed by atoms with E-state index in [4.69, 9.17) is 9.47 Å². The van der Waals surface area contributed by atoms with Crippen LogP contribution in [0.15, 0.2) is 30.3 Å². The zero-order valence-corrected chi connectivity index (χ0v) is 8.84. The standard InChI is InChI=1S/C12H14O3/c1-8(2)12-14-10(11(13)15-12)9-6-4-3-5-7-9/h3-8,10,12H,1-2H3/t10-,12+/m1/s1. The van der Waals surface area contributed by atoms with Crippen LogP contribution in [-0.4, -0.2) is 12.3 Å². The fourth-order valence-electron chi connectivity index (χ4n) is 1.53. The molecule has 1 fully saturated rings. The van der Waals surface area contributed by atoms with Gasteiger partial charge in [0.15, 0.2) is 6.10 Å². The second-order valence-electron chi connectivity index (χ2n) is 3.98. The Balaban J connectivity index is 2.16. The Morgan fingerprint density at radius 3 is 2.40 bits per heavy atom. The van der Waals surface area contributed by atoms with Crippen LogP contribution in [0.25, 0.3) is 0 Å². The number of rotatable bonds is 2. The van der Waals surface area contributed by atoms with Crippen molar-refractivity contribution in [1.29, 1.82) is 0 Å². The number of esters is 1. The van der Waals surface area contributed by atoms with Gasteiger partial charge in [0.1, 0.15) is 0 Å². The molecule has 0 aromatic heterocycles. The highest BCUT2D eigenvalue weighted by molar-refractivity contribution is 5.78. The largest absolute Gasteiger partial charge is 0.433 e. The average molecular weight is 206 g/mol. The van der Waals surface area contributed by atoms with Gasteiger partial charge < -0.3 is 9.47 Å². The topological polar surface area (TPSA) is 35.5 Å². The number of benzene rings is 1. The average Bonchev–Trinajstić information content (AvgIpc) is 2.62. The fraction of sp³-hybridized carbons (Fsp3) is 0.417. The van der Waals surface area contributed by atoms with Crippen LogP contribution in [0.2, 0.25) is 0 Å². The van der Waals surface area contributed by atoms with Gasteiger partial charge in [0, 0.05) is 5.92 Å². The summed E-state index contributed by atoms with van der Waals surface area (Å²) in [5, 5.41) is 0. The van der Waals surface area contributed by atoms with Crippen LogP contribution >= 0.6 is 0 Å². The van der Waals surface area contributed by atoms with Gasteiger partial charge in [-0.25, -0.2) is 4.79 Å². The summed E-state index contributed by atoms with van der Waals surface area (Å²) < 4.78 is 10.7. The number of carbonyl (C=O) groups excluding carboxylic acids is 1. The molecule has 1 aromatic rings. The van der Waals surface area contributed by atoms with Gasteiger partial charge in [0.2, 0.25) is 6.29 Å². The lowest BCUT2D eigenvalue weighted by atomic mass is 10.1. The summed E-state index contributed by atoms with van der Waals surface area (Å²) in [4.78, 5) is 11.5. The van der Waals surface area contributed by atoms with Crippen LogP contribution in [0, 0.1) is 5.92 Å². The summed E-state index contributed by atoms with van der Waals surface area (Å²) in [5.74, 6) is -0.109. The summed E-state index contributed by atoms with van der Waals surface area (Å²) >= 11 is 0. The van der Waals surface area contributed by atoms with Gasteiger partial charge in [-0.2, -0.15) is 0 Å². The molecule has 15 heavy (non-hydrogen) atoms. The Kier molecular flexibility index (Phi) is 2.73. The van der Waals surface area contributed by atoms with Crippen molar-refractivity contribution in [3.8, 4) is 0 Å². The Morgan fingerprint density at radius 2 is 1.87 bits per heavy atom. The minimum absolute atomic E-state index is 0.183. The minimum atomic E-state index is -0.557. The molecule has 3 nitrogen and oxygen atoms in total. The highest BCUT2D eigenvalue weighted by Gasteiger charge is 2.37. The zero-order chi connectivity index (χ0) is 10.8. The zero-order valence-electron chi connectivity index (χ0n) is 8.84. The third-order valence-corrected chi connectivity index (χ3v) is 2.36. The van der Waals surface area contributed by atoms with E-state index in [9.17, 15) is 4.79 Å². The SMILES string of the molecule is CC(C)[C@@H]1OC(=O)[C@@H](c2ccccc2)O1. The smallest absolute Gasteiger partial charge is 0.342 e. The Morgan fingerprint density at radius 1 is 1.20 bits per heavy atom. The molecule has 0 N–H and O–H groups in total. The molecule has 0 amide bonds. The van der Waals surface area contributed by atoms with Crippen LogP contribution in [0.1, 0.15) is 25.5 Å². The summed E-state index contributed by atoms with van der Waals surface area (Å²) in [6, 6.07) is 9.41. The molecule has 80 valence electrons. The number of carbonyl (C=O) groups is 1. The first-order valence-electron chi connectivity index (χ1n) is 5.09. The van der Waals surface area contributed by atoms with E-state index < -0.39 is 12.4 Å². The maximum atomic E-state index is 11.5. The van der Waals surface area contributed by atoms with Crippen molar-refractivity contribution in [2.75, 3.05) is 0 Å². The Labute approximate surface area is 89.0 Å². The predicted molar refractivity (Wildman–Crippen MR) is 55.0 cm³/mol. The van der Waals surface area contributed by atoms with E-state index in [0.717, 1.165) is 5.56 Å². The molecule has 1 aliphatic heterocycles. The molecule has 0 spiro atoms. The lowest BCUT2D eigenvalue weighted by Crippen LogP contribution is -2.15. The molecule has 2 rings (SSSR count). The summed E-state index contributed by atoms with van der Waals surface area (Å²) in [6.45, 7) is 3.93. The lowest BCUT2D eigenvalue weighted by molar-refractivity contribution is -0.146. The van der Waals surface area contributed by atoms with E-state index in [1.807, 2.05) is 44.2 Å². The first-order chi connectivity index (χ1) is 7.18. The van der Waals surface area contributed by atoms with Crippen molar-refractivity contribution in [2.45, 2.75) is 26.2 Å². The first kappa shape index (κ1) is 10.2. The van der Waals surface area contributed by atoms with Crippen molar-refractivity contribution < 1.29 is 14.3 Å². The molecular weight excluding hydrogens is 192 g/mol. The van der Waals surface area contributed by atoms with E-state index in [1.165, 1.54) is 0 Å². The van der Waals surface area contributed by atoms with Crippen LogP contribution in [0.3, 0.4) is 0 Å². The Bertz CT molecular complexity index is 345. The normalized spacial score (nSPS) is 25.7. The van der Waals surface area contributed by atoms with Gasteiger partial charge in [0.05, 0.1) is 0 Å². The molecule has 1 aliphatic rings. The van der Waals surface area contributed by atoms with Gasteiger partial charge in [-0.3, -0.25) is 0 Å². The van der Waals surface area contributed by atoms with Gasteiger partial charge >= 0.3 is 5.97 Å². The predicted octanol–water partition coefficient (Wildman–Crippen LogP) is 2.28. The monoisotopic (exact) mass is 206 g/mol. The third kappa shape index (κ3) is 2.02. The van der Waals surface area contributed by atoms with Crippen molar-refractivity contribution >= 4 is 5.97 Å². The molecule has 0 saturated carbocycles. The van der Waals surface area contributed by atoms with Gasteiger partial charge in [-0.1, -0.05) is 44.2 Å². The van der Waals surface area contributed by atoms with Crippen LogP contribution in [0.5, 0.6) is 0 Å². The maximum Gasteiger partial charge on any atom is 0.342 e. The molecular formula is C12H14O3. The number of hydrogen-bond donors (Lipinski definition) is 0. The molecule has 1 saturated heterocycles. The Hall–Kier alpha value is -1.35. The summed E-state index contributed by atoms with van der Waals surface area (Å²) in [7, 11) is 0. The van der Waals surface area contributed by atoms with Gasteiger partial charge in [0.25, 0.3) is 0 Å². The molecule has 0 aliphatic carbocycles. The number of ether oxygens (including phenoxy) is 2. The van der Waals surface area contributed by atoms with E-state index in [-0.39, 0.29) is 11.9 Å². The quantitative estimate of drug-likeness (QED) is 0.696. The van der Waals surface area contributed by atoms with E-state index in [1.54, 1.807) is 0 Å². The van der Waals surface area contributed by atoms with E-state index in [0.29, 0.717) is 0 Å². The number of cyclic esters (lactones) is 1. The lowest BCUT2D eigenvalue weighted by Gasteiger charge is -2.12. The first-order valence-corrected chi connectivity index (χ1v) is 5.09. The molecule has 3 heteroatoms. The van der Waals surface area contributed by atoms with Gasteiger partial charge in [-0.05, 0) is 5.56 Å².